The Hall–Kier alpha value is -1.03. The minimum Gasteiger partial charge on any atom is -0.379 e. The highest BCUT2D eigenvalue weighted by molar-refractivity contribution is 7.90. The van der Waals surface area contributed by atoms with Crippen molar-refractivity contribution < 1.29 is 26.3 Å². The lowest BCUT2D eigenvalue weighted by atomic mass is 10.4. The van der Waals surface area contributed by atoms with Crippen molar-refractivity contribution in [1.82, 2.24) is 10.6 Å². The van der Waals surface area contributed by atoms with Crippen LogP contribution in [0.25, 0.3) is 0 Å². The Morgan fingerprint density at radius 2 is 1.90 bits per heavy atom. The molecule has 0 unspecified atom stereocenters. The first-order valence-corrected chi connectivity index (χ1v) is 8.54. The van der Waals surface area contributed by atoms with Crippen molar-refractivity contribution in [1.29, 1.82) is 0 Å². The number of ether oxygens (including phenoxy) is 1. The van der Waals surface area contributed by atoms with Gasteiger partial charge in [-0.15, -0.1) is 0 Å². The Morgan fingerprint density at radius 3 is 2.43 bits per heavy atom. The average Bonchev–Trinajstić information content (AvgIpc) is 2.30. The van der Waals surface area contributed by atoms with Crippen LogP contribution in [-0.4, -0.2) is 65.4 Å². The zero-order valence-corrected chi connectivity index (χ0v) is 13.0. The highest BCUT2D eigenvalue weighted by Crippen LogP contribution is 2.18. The van der Waals surface area contributed by atoms with Crippen LogP contribution in [0, 0.1) is 0 Å². The molecule has 0 aliphatic heterocycles. The van der Waals surface area contributed by atoms with Gasteiger partial charge in [-0.25, -0.2) is 8.42 Å². The van der Waals surface area contributed by atoms with Crippen molar-refractivity contribution in [3.05, 3.63) is 0 Å². The van der Waals surface area contributed by atoms with E-state index in [2.05, 4.69) is 15.6 Å². The van der Waals surface area contributed by atoms with Crippen LogP contribution in [0.1, 0.15) is 13.3 Å². The van der Waals surface area contributed by atoms with Crippen LogP contribution in [0.4, 0.5) is 13.2 Å². The molecule has 6 nitrogen and oxygen atoms in total. The van der Waals surface area contributed by atoms with E-state index in [0.717, 1.165) is 6.26 Å². The lowest BCUT2D eigenvalue weighted by Crippen LogP contribution is -2.39. The fraction of sp³-hybridized carbons (Fsp3) is 0.909. The van der Waals surface area contributed by atoms with E-state index in [0.29, 0.717) is 13.1 Å². The number of nitrogens with one attached hydrogen (secondary N) is 2. The maximum Gasteiger partial charge on any atom is 0.390 e. The van der Waals surface area contributed by atoms with Gasteiger partial charge in [-0.1, -0.05) is 0 Å². The molecule has 0 aliphatic rings. The number of sulfone groups is 1. The van der Waals surface area contributed by atoms with Crippen LogP contribution < -0.4 is 10.6 Å². The Labute approximate surface area is 123 Å². The molecule has 0 spiro atoms. The van der Waals surface area contributed by atoms with Gasteiger partial charge in [-0.05, 0) is 6.92 Å². The van der Waals surface area contributed by atoms with E-state index >= 15 is 0 Å². The number of rotatable bonds is 9. The molecule has 0 saturated heterocycles. The number of guanidine groups is 1. The van der Waals surface area contributed by atoms with Crippen molar-refractivity contribution in [3.8, 4) is 0 Å². The van der Waals surface area contributed by atoms with Gasteiger partial charge in [0.1, 0.15) is 9.84 Å². The summed E-state index contributed by atoms with van der Waals surface area (Å²) in [6.45, 7) is 2.60. The minimum absolute atomic E-state index is 0.0628. The van der Waals surface area contributed by atoms with Crippen LogP contribution in [0.3, 0.4) is 0 Å². The molecule has 0 amide bonds. The van der Waals surface area contributed by atoms with Crippen molar-refractivity contribution in [2.24, 2.45) is 4.99 Å². The van der Waals surface area contributed by atoms with Gasteiger partial charge in [0.05, 0.1) is 31.9 Å². The molecule has 21 heavy (non-hydrogen) atoms. The van der Waals surface area contributed by atoms with Gasteiger partial charge in [-0.3, -0.25) is 4.99 Å². The monoisotopic (exact) mass is 333 g/mol. The number of aliphatic imine (C=N–C) groups is 1. The second kappa shape index (κ2) is 9.82. The lowest BCUT2D eigenvalue weighted by molar-refractivity contribution is -0.132. The van der Waals surface area contributed by atoms with Gasteiger partial charge in [0, 0.05) is 19.3 Å². The van der Waals surface area contributed by atoms with Crippen LogP contribution in [0.2, 0.25) is 0 Å². The SMILES string of the molecule is CCNC(=NCCC(F)(F)F)NCCOCCS(C)(=O)=O. The zero-order valence-electron chi connectivity index (χ0n) is 12.2. The summed E-state index contributed by atoms with van der Waals surface area (Å²) in [5, 5.41) is 5.61. The highest BCUT2D eigenvalue weighted by Gasteiger charge is 2.26. The Bertz CT molecular complexity index is 411. The van der Waals surface area contributed by atoms with Gasteiger partial charge >= 0.3 is 6.18 Å². The van der Waals surface area contributed by atoms with Crippen molar-refractivity contribution in [2.75, 3.05) is 44.9 Å². The molecule has 2 N–H and O–H groups in total. The van der Waals surface area contributed by atoms with Gasteiger partial charge in [0.15, 0.2) is 5.96 Å². The van der Waals surface area contributed by atoms with Crippen LogP contribution in [0.5, 0.6) is 0 Å². The van der Waals surface area contributed by atoms with Gasteiger partial charge in [0.25, 0.3) is 0 Å². The summed E-state index contributed by atoms with van der Waals surface area (Å²) >= 11 is 0. The number of nitrogens with zero attached hydrogens (tertiary/aromatic N) is 1. The summed E-state index contributed by atoms with van der Waals surface area (Å²) in [5.74, 6) is 0.209. The summed E-state index contributed by atoms with van der Waals surface area (Å²) in [5.41, 5.74) is 0. The topological polar surface area (TPSA) is 79.8 Å². The summed E-state index contributed by atoms with van der Waals surface area (Å²) in [6.07, 6.45) is -4.09. The molecule has 10 heteroatoms. The third kappa shape index (κ3) is 15.2. The quantitative estimate of drug-likeness (QED) is 0.366. The predicted molar refractivity (Wildman–Crippen MR) is 75.2 cm³/mol. The summed E-state index contributed by atoms with van der Waals surface area (Å²) in [4.78, 5) is 3.78. The van der Waals surface area contributed by atoms with Crippen molar-refractivity contribution in [3.63, 3.8) is 0 Å². The molecule has 0 fully saturated rings. The minimum atomic E-state index is -4.23. The van der Waals surface area contributed by atoms with Gasteiger partial charge < -0.3 is 15.4 Å². The smallest absolute Gasteiger partial charge is 0.379 e. The zero-order chi connectivity index (χ0) is 16.4. The first-order chi connectivity index (χ1) is 9.64. The normalized spacial score (nSPS) is 13.3. The van der Waals surface area contributed by atoms with E-state index in [1.54, 1.807) is 6.92 Å². The molecular weight excluding hydrogens is 311 g/mol. The lowest BCUT2D eigenvalue weighted by Gasteiger charge is -2.12. The third-order valence-electron chi connectivity index (χ3n) is 2.15. The fourth-order valence-corrected chi connectivity index (χ4v) is 1.61. The fourth-order valence-electron chi connectivity index (χ4n) is 1.19. The molecule has 126 valence electrons. The molecule has 0 radical (unpaired) electrons. The summed E-state index contributed by atoms with van der Waals surface area (Å²) in [7, 11) is -3.05. The largest absolute Gasteiger partial charge is 0.390 e. The summed E-state index contributed by atoms with van der Waals surface area (Å²) < 4.78 is 62.8. The maximum absolute atomic E-state index is 12.0. The predicted octanol–water partition coefficient (Wildman–Crippen LogP) is 0.555. The second-order valence-electron chi connectivity index (χ2n) is 4.29. The van der Waals surface area contributed by atoms with Crippen LogP contribution >= 0.6 is 0 Å². The van der Waals surface area contributed by atoms with E-state index in [9.17, 15) is 21.6 Å². The van der Waals surface area contributed by atoms with Crippen molar-refractivity contribution in [2.45, 2.75) is 19.5 Å². The summed E-state index contributed by atoms with van der Waals surface area (Å²) in [6, 6.07) is 0. The molecule has 0 aromatic rings. The number of hydrogen-bond acceptors (Lipinski definition) is 4. The number of hydrogen-bond donors (Lipinski definition) is 2. The Kier molecular flexibility index (Phi) is 9.34. The maximum atomic E-state index is 12.0. The second-order valence-corrected chi connectivity index (χ2v) is 6.55. The molecular formula is C11H22F3N3O3S. The molecule has 0 heterocycles. The van der Waals surface area contributed by atoms with Gasteiger partial charge in [0.2, 0.25) is 0 Å². The van der Waals surface area contributed by atoms with E-state index < -0.39 is 22.4 Å². The first-order valence-electron chi connectivity index (χ1n) is 6.48. The van der Waals surface area contributed by atoms with E-state index in [1.165, 1.54) is 0 Å². The third-order valence-corrected chi connectivity index (χ3v) is 3.05. The average molecular weight is 333 g/mol. The van der Waals surface area contributed by atoms with Crippen molar-refractivity contribution >= 4 is 15.8 Å². The molecule has 0 rings (SSSR count). The molecule has 0 atom stereocenters. The number of alkyl halides is 3. The Morgan fingerprint density at radius 1 is 1.24 bits per heavy atom. The first kappa shape index (κ1) is 20.0. The van der Waals surface area contributed by atoms with E-state index in [1.807, 2.05) is 0 Å². The molecule has 0 aromatic heterocycles. The van der Waals surface area contributed by atoms with Gasteiger partial charge in [-0.2, -0.15) is 13.2 Å². The Balaban J connectivity index is 3.91. The molecule has 0 bridgehead atoms. The van der Waals surface area contributed by atoms with Crippen LogP contribution in [-0.2, 0) is 14.6 Å². The highest BCUT2D eigenvalue weighted by atomic mass is 32.2. The van der Waals surface area contributed by atoms with E-state index in [-0.39, 0.29) is 31.5 Å². The molecule has 0 aliphatic carbocycles. The number of halogens is 3. The van der Waals surface area contributed by atoms with E-state index in [4.69, 9.17) is 4.74 Å². The standard InChI is InChI=1S/C11H22F3N3O3S/c1-3-15-10(16-5-4-11(12,13)14)17-6-7-20-8-9-21(2,18)19/h3-9H2,1-2H3,(H2,15,16,17). The molecule has 0 saturated carbocycles. The molecule has 0 aromatic carbocycles. The van der Waals surface area contributed by atoms with Crippen LogP contribution in [0.15, 0.2) is 4.99 Å².